The quantitative estimate of drug-likeness (QED) is 0.772. The van der Waals surface area contributed by atoms with Crippen LogP contribution in [0.4, 0.5) is 4.79 Å². The molecule has 0 saturated heterocycles. The number of carboxylic acid groups (broad SMARTS) is 1. The van der Waals surface area contributed by atoms with E-state index in [1.807, 2.05) is 13.0 Å². The molecule has 0 bridgehead atoms. The van der Waals surface area contributed by atoms with Crippen LogP contribution in [0.5, 0.6) is 0 Å². The Morgan fingerprint density at radius 1 is 1.52 bits per heavy atom. The summed E-state index contributed by atoms with van der Waals surface area (Å²) >= 11 is 0. The zero-order valence-corrected chi connectivity index (χ0v) is 12.2. The van der Waals surface area contributed by atoms with E-state index < -0.39 is 12.0 Å². The molecule has 1 aliphatic carbocycles. The Balaban J connectivity index is 1.95. The van der Waals surface area contributed by atoms with Gasteiger partial charge >= 0.3 is 12.0 Å². The molecule has 1 saturated carbocycles. The van der Waals surface area contributed by atoms with E-state index in [1.165, 1.54) is 0 Å². The number of nitrogens with zero attached hydrogens (tertiary/aromatic N) is 1. The van der Waals surface area contributed by atoms with E-state index >= 15 is 0 Å². The van der Waals surface area contributed by atoms with Crippen molar-refractivity contribution in [3.05, 3.63) is 24.2 Å². The van der Waals surface area contributed by atoms with E-state index in [-0.39, 0.29) is 12.1 Å². The van der Waals surface area contributed by atoms with E-state index in [9.17, 15) is 14.7 Å². The lowest BCUT2D eigenvalue weighted by Crippen LogP contribution is -2.48. The Labute approximate surface area is 124 Å². The van der Waals surface area contributed by atoms with Crippen LogP contribution >= 0.6 is 0 Å². The number of carbonyl (C=O) groups is 2. The minimum Gasteiger partial charge on any atom is -0.480 e. The Kier molecular flexibility index (Phi) is 5.25. The van der Waals surface area contributed by atoms with Crippen LogP contribution in [0.2, 0.25) is 0 Å². The first kappa shape index (κ1) is 15.4. The molecule has 2 rings (SSSR count). The van der Waals surface area contributed by atoms with E-state index in [0.29, 0.717) is 18.7 Å². The van der Waals surface area contributed by atoms with Gasteiger partial charge in [0.2, 0.25) is 0 Å². The number of aliphatic carboxylic acids is 1. The highest BCUT2D eigenvalue weighted by molar-refractivity contribution is 5.82. The summed E-state index contributed by atoms with van der Waals surface area (Å²) in [5, 5.41) is 11.8. The molecule has 0 aromatic carbocycles. The standard InChI is InChI=1S/C15H22N2O4/c1-2-3-6-13(14(18)19)16-15(20)17(11-7-8-11)10-12-5-4-9-21-12/h4-5,9,11,13H,2-3,6-8,10H2,1H3,(H,16,20)(H,18,19)/t13-/m0/s1. The average molecular weight is 294 g/mol. The summed E-state index contributed by atoms with van der Waals surface area (Å²) in [6.45, 7) is 2.37. The smallest absolute Gasteiger partial charge is 0.326 e. The van der Waals surface area contributed by atoms with Crippen LogP contribution in [0.25, 0.3) is 0 Å². The maximum absolute atomic E-state index is 12.3. The number of unbranched alkanes of at least 4 members (excludes halogenated alkanes) is 1. The highest BCUT2D eigenvalue weighted by Crippen LogP contribution is 2.28. The van der Waals surface area contributed by atoms with Crippen LogP contribution in [0, 0.1) is 0 Å². The Bertz CT molecular complexity index is 468. The highest BCUT2D eigenvalue weighted by Gasteiger charge is 2.34. The first-order valence-corrected chi connectivity index (χ1v) is 7.44. The Morgan fingerprint density at radius 3 is 2.81 bits per heavy atom. The van der Waals surface area contributed by atoms with Crippen molar-refractivity contribution in [3.63, 3.8) is 0 Å². The molecule has 2 N–H and O–H groups in total. The van der Waals surface area contributed by atoms with Gasteiger partial charge in [0.1, 0.15) is 11.8 Å². The summed E-state index contributed by atoms with van der Waals surface area (Å²) in [5.41, 5.74) is 0. The van der Waals surface area contributed by atoms with Gasteiger partial charge in [-0.25, -0.2) is 9.59 Å². The van der Waals surface area contributed by atoms with Crippen molar-refractivity contribution >= 4 is 12.0 Å². The lowest BCUT2D eigenvalue weighted by Gasteiger charge is -2.24. The summed E-state index contributed by atoms with van der Waals surface area (Å²) < 4.78 is 5.27. The highest BCUT2D eigenvalue weighted by atomic mass is 16.4. The Hall–Kier alpha value is -1.98. The van der Waals surface area contributed by atoms with Gasteiger partial charge in [-0.1, -0.05) is 19.8 Å². The molecule has 21 heavy (non-hydrogen) atoms. The third kappa shape index (κ3) is 4.51. The molecule has 1 heterocycles. The molecule has 1 aliphatic rings. The predicted molar refractivity (Wildman–Crippen MR) is 76.8 cm³/mol. The van der Waals surface area contributed by atoms with Gasteiger partial charge in [0.15, 0.2) is 0 Å². The van der Waals surface area contributed by atoms with Crippen molar-refractivity contribution in [1.29, 1.82) is 0 Å². The largest absolute Gasteiger partial charge is 0.480 e. The number of hydrogen-bond donors (Lipinski definition) is 2. The summed E-state index contributed by atoms with van der Waals surface area (Å²) in [5.74, 6) is -0.275. The maximum Gasteiger partial charge on any atom is 0.326 e. The number of rotatable bonds is 8. The summed E-state index contributed by atoms with van der Waals surface area (Å²) in [4.78, 5) is 25.2. The number of carboxylic acids is 1. The molecule has 0 radical (unpaired) electrons. The van der Waals surface area contributed by atoms with Gasteiger partial charge in [0.25, 0.3) is 0 Å². The first-order chi connectivity index (χ1) is 10.1. The lowest BCUT2D eigenvalue weighted by atomic mass is 10.1. The van der Waals surface area contributed by atoms with Crippen LogP contribution in [-0.2, 0) is 11.3 Å². The van der Waals surface area contributed by atoms with Gasteiger partial charge in [-0.2, -0.15) is 0 Å². The zero-order chi connectivity index (χ0) is 15.2. The lowest BCUT2D eigenvalue weighted by molar-refractivity contribution is -0.139. The second kappa shape index (κ2) is 7.15. The fourth-order valence-electron chi connectivity index (χ4n) is 2.22. The number of carbonyl (C=O) groups excluding carboxylic acids is 1. The molecular weight excluding hydrogens is 272 g/mol. The van der Waals surface area contributed by atoms with E-state index in [1.54, 1.807) is 17.2 Å². The minimum absolute atomic E-state index is 0.190. The second-order valence-electron chi connectivity index (χ2n) is 5.42. The third-order valence-electron chi connectivity index (χ3n) is 3.60. The predicted octanol–water partition coefficient (Wildman–Crippen LogP) is 2.60. The van der Waals surface area contributed by atoms with Crippen LogP contribution in [0.3, 0.4) is 0 Å². The van der Waals surface area contributed by atoms with E-state index in [0.717, 1.165) is 25.7 Å². The van der Waals surface area contributed by atoms with Crippen molar-refractivity contribution < 1.29 is 19.1 Å². The summed E-state index contributed by atoms with van der Waals surface area (Å²) in [6.07, 6.45) is 5.62. The van der Waals surface area contributed by atoms with Gasteiger partial charge in [-0.05, 0) is 31.4 Å². The molecule has 1 aromatic rings. The first-order valence-electron chi connectivity index (χ1n) is 7.44. The summed E-state index contributed by atoms with van der Waals surface area (Å²) in [6, 6.07) is 2.64. The normalized spacial score (nSPS) is 15.5. The topological polar surface area (TPSA) is 82.8 Å². The molecule has 6 heteroatoms. The van der Waals surface area contributed by atoms with Gasteiger partial charge in [-0.15, -0.1) is 0 Å². The van der Waals surface area contributed by atoms with Crippen molar-refractivity contribution in [2.75, 3.05) is 0 Å². The zero-order valence-electron chi connectivity index (χ0n) is 12.2. The molecule has 1 fully saturated rings. The average Bonchev–Trinajstić information content (AvgIpc) is 3.16. The molecule has 0 unspecified atom stereocenters. The van der Waals surface area contributed by atoms with Crippen LogP contribution in [0.1, 0.15) is 44.8 Å². The Morgan fingerprint density at radius 2 is 2.29 bits per heavy atom. The van der Waals surface area contributed by atoms with Gasteiger partial charge in [0.05, 0.1) is 12.8 Å². The number of hydrogen-bond acceptors (Lipinski definition) is 3. The van der Waals surface area contributed by atoms with Crippen LogP contribution < -0.4 is 5.32 Å². The second-order valence-corrected chi connectivity index (χ2v) is 5.42. The van der Waals surface area contributed by atoms with Crippen molar-refractivity contribution in [3.8, 4) is 0 Å². The number of nitrogens with one attached hydrogen (secondary N) is 1. The van der Waals surface area contributed by atoms with Gasteiger partial charge in [0, 0.05) is 6.04 Å². The molecule has 0 spiro atoms. The molecule has 6 nitrogen and oxygen atoms in total. The fourth-order valence-corrected chi connectivity index (χ4v) is 2.22. The minimum atomic E-state index is -0.981. The molecule has 1 aromatic heterocycles. The van der Waals surface area contributed by atoms with Crippen LogP contribution in [0.15, 0.2) is 22.8 Å². The van der Waals surface area contributed by atoms with Gasteiger partial charge in [-0.3, -0.25) is 0 Å². The maximum atomic E-state index is 12.3. The van der Waals surface area contributed by atoms with Crippen LogP contribution in [-0.4, -0.2) is 34.1 Å². The van der Waals surface area contributed by atoms with Crippen molar-refractivity contribution in [2.45, 2.75) is 57.7 Å². The van der Waals surface area contributed by atoms with E-state index in [4.69, 9.17) is 4.42 Å². The molecule has 1 atom stereocenters. The third-order valence-corrected chi connectivity index (χ3v) is 3.60. The van der Waals surface area contributed by atoms with E-state index in [2.05, 4.69) is 5.32 Å². The number of urea groups is 1. The fraction of sp³-hybridized carbons (Fsp3) is 0.600. The van der Waals surface area contributed by atoms with Crippen molar-refractivity contribution in [1.82, 2.24) is 10.2 Å². The summed E-state index contributed by atoms with van der Waals surface area (Å²) in [7, 11) is 0. The van der Waals surface area contributed by atoms with Crippen molar-refractivity contribution in [2.24, 2.45) is 0 Å². The molecule has 2 amide bonds. The monoisotopic (exact) mass is 294 g/mol. The molecule has 0 aliphatic heterocycles. The SMILES string of the molecule is CCCC[C@H](NC(=O)N(Cc1ccco1)C1CC1)C(=O)O. The number of amides is 2. The number of furan rings is 1. The molecular formula is C15H22N2O4. The molecule has 116 valence electrons. The van der Waals surface area contributed by atoms with Gasteiger partial charge < -0.3 is 19.7 Å².